The topological polar surface area (TPSA) is 41.9 Å². The van der Waals surface area contributed by atoms with Gasteiger partial charge in [-0.05, 0) is 15.8 Å². The van der Waals surface area contributed by atoms with Gasteiger partial charge < -0.3 is 4.43 Å². The molecule has 196 valence electrons. The SMILES string of the molecule is CC(=O)N1N=C(c2ccccc2)[C@H]2[C@H]3C=CC=C[C@@]34C(=C(C(C)(C)C)O[Si@@]4(c3ccccc3)C(C)(C)C)P21. The Morgan fingerprint density at radius 2 is 1.61 bits per heavy atom. The molecule has 0 saturated carbocycles. The summed E-state index contributed by atoms with van der Waals surface area (Å²) in [6.45, 7) is 15.5. The van der Waals surface area contributed by atoms with E-state index >= 15 is 0 Å². The Labute approximate surface area is 229 Å². The second kappa shape index (κ2) is 8.37. The fraction of sp³-hybridized carbons (Fsp3) is 0.375. The molecular weight excluding hydrogens is 503 g/mol. The van der Waals surface area contributed by atoms with Crippen molar-refractivity contribution >= 4 is 33.2 Å². The van der Waals surface area contributed by atoms with Gasteiger partial charge in [-0.1, -0.05) is 127 Å². The summed E-state index contributed by atoms with van der Waals surface area (Å²) in [6.07, 6.45) is 9.31. The van der Waals surface area contributed by atoms with E-state index < -0.39 is 16.4 Å². The number of fused-ring (bicyclic) bond motifs is 3. The molecule has 38 heavy (non-hydrogen) atoms. The fourth-order valence-electron chi connectivity index (χ4n) is 7.28. The first-order chi connectivity index (χ1) is 17.9. The van der Waals surface area contributed by atoms with Gasteiger partial charge in [-0.25, -0.2) is 4.78 Å². The quantitative estimate of drug-likeness (QED) is 0.293. The van der Waals surface area contributed by atoms with E-state index in [4.69, 9.17) is 9.53 Å². The standard InChI is InChI=1S/C32H37N2O2PSi/c1-22(35)34-33-26(23-16-10-8-11-17-23)27-25-20-14-15-21-32(25)29(37(27)34)28(30(2,3)4)36-38(32,31(5,6)7)24-18-12-9-13-19-24/h8-21,25,27H,1-7H3/t25-,27-,32+,37?,38+/m1/s1. The number of hydrogen-bond acceptors (Lipinski definition) is 3. The number of benzene rings is 2. The summed E-state index contributed by atoms with van der Waals surface area (Å²) in [5.41, 5.74) is 2.04. The van der Waals surface area contributed by atoms with Crippen LogP contribution in [0.4, 0.5) is 0 Å². The van der Waals surface area contributed by atoms with Crippen molar-refractivity contribution in [1.82, 2.24) is 4.78 Å². The lowest BCUT2D eigenvalue weighted by Crippen LogP contribution is -2.65. The minimum atomic E-state index is -2.85. The van der Waals surface area contributed by atoms with Crippen LogP contribution in [0.25, 0.3) is 0 Å². The van der Waals surface area contributed by atoms with Crippen molar-refractivity contribution in [3.8, 4) is 0 Å². The second-order valence-corrected chi connectivity index (χ2v) is 19.5. The third-order valence-corrected chi connectivity index (χ3v) is 17.3. The van der Waals surface area contributed by atoms with Gasteiger partial charge in [0.1, 0.15) is 0 Å². The molecular formula is C32H37N2O2PSi. The number of rotatable bonds is 2. The van der Waals surface area contributed by atoms with Crippen molar-refractivity contribution < 1.29 is 9.22 Å². The maximum Gasteiger partial charge on any atom is 0.302 e. The number of nitrogens with zero attached hydrogens (tertiary/aromatic N) is 2. The Morgan fingerprint density at radius 1 is 0.974 bits per heavy atom. The molecule has 0 N–H and O–H groups in total. The first kappa shape index (κ1) is 25.5. The van der Waals surface area contributed by atoms with Gasteiger partial charge in [0.25, 0.3) is 0 Å². The molecule has 0 radical (unpaired) electrons. The smallest absolute Gasteiger partial charge is 0.302 e. The number of hydrazone groups is 1. The zero-order valence-corrected chi connectivity index (χ0v) is 25.3. The van der Waals surface area contributed by atoms with Gasteiger partial charge in [0.2, 0.25) is 5.91 Å². The summed E-state index contributed by atoms with van der Waals surface area (Å²) in [5, 5.41) is 7.30. The molecule has 0 bridgehead atoms. The summed E-state index contributed by atoms with van der Waals surface area (Å²) in [5.74, 6) is 1.24. The Morgan fingerprint density at radius 3 is 2.18 bits per heavy atom. The molecule has 1 amide bonds. The number of amides is 1. The van der Waals surface area contributed by atoms with Crippen LogP contribution in [-0.4, -0.2) is 30.4 Å². The van der Waals surface area contributed by atoms with Crippen LogP contribution in [0, 0.1) is 11.3 Å². The number of allylic oxidation sites excluding steroid dienone is 6. The molecule has 4 aliphatic rings. The molecule has 5 atom stereocenters. The van der Waals surface area contributed by atoms with Gasteiger partial charge in [-0.15, -0.1) is 0 Å². The molecule has 1 fully saturated rings. The van der Waals surface area contributed by atoms with E-state index in [9.17, 15) is 4.79 Å². The Kier molecular flexibility index (Phi) is 5.62. The highest BCUT2D eigenvalue weighted by atomic mass is 31.1. The van der Waals surface area contributed by atoms with Crippen LogP contribution in [0.15, 0.2) is 101 Å². The van der Waals surface area contributed by atoms with Crippen LogP contribution < -0.4 is 5.19 Å². The molecule has 2 aromatic rings. The van der Waals surface area contributed by atoms with E-state index in [1.54, 1.807) is 6.92 Å². The molecule has 6 rings (SSSR count). The average molecular weight is 541 g/mol. The minimum Gasteiger partial charge on any atom is -0.540 e. The summed E-state index contributed by atoms with van der Waals surface area (Å²) in [4.78, 5) is 13.3. The van der Waals surface area contributed by atoms with Crippen LogP contribution in [-0.2, 0) is 9.22 Å². The summed E-state index contributed by atoms with van der Waals surface area (Å²) in [6, 6.07) is 21.4. The molecule has 1 aliphatic carbocycles. The van der Waals surface area contributed by atoms with Gasteiger partial charge in [-0.2, -0.15) is 5.10 Å². The van der Waals surface area contributed by atoms with Crippen LogP contribution in [0.2, 0.25) is 10.1 Å². The second-order valence-electron chi connectivity index (χ2n) is 12.9. The van der Waals surface area contributed by atoms with Crippen LogP contribution in [0.3, 0.4) is 0 Å². The predicted octanol–water partition coefficient (Wildman–Crippen LogP) is 7.46. The number of carbonyl (C=O) groups is 1. The number of carbonyl (C=O) groups excluding carboxylic acids is 1. The first-order valence-corrected chi connectivity index (χ1v) is 16.8. The van der Waals surface area contributed by atoms with Crippen molar-refractivity contribution in [2.45, 2.75) is 64.2 Å². The van der Waals surface area contributed by atoms with Crippen LogP contribution in [0.1, 0.15) is 54.0 Å². The maximum absolute atomic E-state index is 13.3. The zero-order valence-electron chi connectivity index (χ0n) is 23.4. The molecule has 4 nitrogen and oxygen atoms in total. The molecule has 0 aromatic heterocycles. The summed E-state index contributed by atoms with van der Waals surface area (Å²) >= 11 is 0. The van der Waals surface area contributed by atoms with Crippen molar-refractivity contribution in [2.75, 3.05) is 0 Å². The monoisotopic (exact) mass is 540 g/mol. The molecule has 1 unspecified atom stereocenters. The molecule has 1 saturated heterocycles. The minimum absolute atomic E-state index is 0.00388. The predicted molar refractivity (Wildman–Crippen MR) is 160 cm³/mol. The molecule has 3 heterocycles. The van der Waals surface area contributed by atoms with Crippen molar-refractivity contribution in [3.05, 3.63) is 102 Å². The van der Waals surface area contributed by atoms with Crippen molar-refractivity contribution in [3.63, 3.8) is 0 Å². The summed E-state index contributed by atoms with van der Waals surface area (Å²) < 4.78 is 9.47. The van der Waals surface area contributed by atoms with E-state index in [0.717, 1.165) is 17.0 Å². The van der Waals surface area contributed by atoms with E-state index in [-0.39, 0.29) is 33.0 Å². The molecule has 3 aliphatic heterocycles. The first-order valence-electron chi connectivity index (χ1n) is 13.5. The van der Waals surface area contributed by atoms with E-state index in [1.807, 2.05) is 10.8 Å². The molecule has 6 heteroatoms. The fourth-order valence-corrected chi connectivity index (χ4v) is 17.8. The lowest BCUT2D eigenvalue weighted by molar-refractivity contribution is -0.124. The summed E-state index contributed by atoms with van der Waals surface area (Å²) in [7, 11) is -3.94. The van der Waals surface area contributed by atoms with Gasteiger partial charge in [0.05, 0.1) is 30.2 Å². The average Bonchev–Trinajstić information content (AvgIpc) is 3.48. The van der Waals surface area contributed by atoms with Gasteiger partial charge in [0, 0.05) is 23.6 Å². The highest BCUT2D eigenvalue weighted by molar-refractivity contribution is 7.64. The van der Waals surface area contributed by atoms with E-state index in [0.29, 0.717) is 0 Å². The van der Waals surface area contributed by atoms with Gasteiger partial charge >= 0.3 is 8.32 Å². The third kappa shape index (κ3) is 3.18. The van der Waals surface area contributed by atoms with Gasteiger partial charge in [-0.3, -0.25) is 4.79 Å². The zero-order chi connectivity index (χ0) is 27.1. The largest absolute Gasteiger partial charge is 0.540 e. The van der Waals surface area contributed by atoms with Crippen molar-refractivity contribution in [2.24, 2.45) is 16.4 Å². The van der Waals surface area contributed by atoms with Crippen LogP contribution >= 0.6 is 8.07 Å². The van der Waals surface area contributed by atoms with E-state index in [2.05, 4.69) is 120 Å². The number of hydrogen-bond donors (Lipinski definition) is 0. The Bertz CT molecular complexity index is 1420. The van der Waals surface area contributed by atoms with Crippen molar-refractivity contribution in [1.29, 1.82) is 0 Å². The molecule has 2 aromatic carbocycles. The highest BCUT2D eigenvalue weighted by Crippen LogP contribution is 2.85. The van der Waals surface area contributed by atoms with Crippen LogP contribution in [0.5, 0.6) is 0 Å². The third-order valence-electron chi connectivity index (χ3n) is 8.55. The normalized spacial score (nSPS) is 31.6. The highest BCUT2D eigenvalue weighted by Gasteiger charge is 2.79. The Balaban J connectivity index is 1.72. The lowest BCUT2D eigenvalue weighted by Gasteiger charge is -2.51. The van der Waals surface area contributed by atoms with Gasteiger partial charge in [0.15, 0.2) is 0 Å². The lowest BCUT2D eigenvalue weighted by atomic mass is 9.80. The maximum atomic E-state index is 13.3. The van der Waals surface area contributed by atoms with E-state index in [1.165, 1.54) is 10.5 Å². The molecule has 1 spiro atoms. The Hall–Kier alpha value is -2.75.